The number of piperazine rings is 1. The molecule has 28 heavy (non-hydrogen) atoms. The molecule has 3 aromatic rings. The van der Waals surface area contributed by atoms with Crippen molar-refractivity contribution < 1.29 is 8.42 Å². The molecule has 0 atom stereocenters. The zero-order chi connectivity index (χ0) is 19.7. The zero-order valence-electron chi connectivity index (χ0n) is 16.0. The summed E-state index contributed by atoms with van der Waals surface area (Å²) in [5.74, 6) is 0. The summed E-state index contributed by atoms with van der Waals surface area (Å²) in [5.41, 5.74) is 2.80. The van der Waals surface area contributed by atoms with Gasteiger partial charge in [-0.1, -0.05) is 18.2 Å². The highest BCUT2D eigenvalue weighted by Crippen LogP contribution is 2.27. The van der Waals surface area contributed by atoms with Crippen molar-refractivity contribution in [2.24, 2.45) is 0 Å². The van der Waals surface area contributed by atoms with Crippen LogP contribution in [-0.4, -0.2) is 48.8 Å². The fraction of sp³-hybridized carbons (Fsp3) is 0.350. The smallest absolute Gasteiger partial charge is 0.243 e. The Balaban J connectivity index is 1.40. The molecule has 0 bridgehead atoms. The quantitative estimate of drug-likeness (QED) is 0.610. The Bertz CT molecular complexity index is 1050. The molecule has 1 aromatic carbocycles. The topological polar surface area (TPSA) is 53.5 Å². The Labute approximate surface area is 174 Å². The first-order valence-corrected chi connectivity index (χ1v) is 12.4. The Morgan fingerprint density at radius 2 is 1.86 bits per heavy atom. The van der Waals surface area contributed by atoms with Crippen molar-refractivity contribution in [1.82, 2.24) is 14.2 Å². The van der Waals surface area contributed by atoms with Gasteiger partial charge in [-0.2, -0.15) is 4.31 Å². The van der Waals surface area contributed by atoms with Crippen LogP contribution in [0.4, 0.5) is 0 Å². The first-order valence-electron chi connectivity index (χ1n) is 9.21. The fourth-order valence-corrected chi connectivity index (χ4v) is 6.69. The van der Waals surface area contributed by atoms with Crippen LogP contribution < -0.4 is 0 Å². The van der Waals surface area contributed by atoms with Gasteiger partial charge in [-0.25, -0.2) is 13.4 Å². The summed E-state index contributed by atoms with van der Waals surface area (Å²) in [6.07, 6.45) is 0. The minimum atomic E-state index is -3.44. The molecule has 0 aliphatic carbocycles. The van der Waals surface area contributed by atoms with Gasteiger partial charge in [-0.05, 0) is 42.5 Å². The number of benzene rings is 1. The average Bonchev–Trinajstić information content (AvgIpc) is 3.36. The molecule has 1 fully saturated rings. The van der Waals surface area contributed by atoms with Crippen molar-refractivity contribution in [2.75, 3.05) is 26.2 Å². The molecule has 0 saturated carbocycles. The lowest BCUT2D eigenvalue weighted by Crippen LogP contribution is -2.48. The molecular formula is C20H23N3O2S3. The lowest BCUT2D eigenvalue weighted by atomic mass is 10.2. The number of aryl methyl sites for hydroxylation is 2. The summed E-state index contributed by atoms with van der Waals surface area (Å²) < 4.78 is 27.7. The van der Waals surface area contributed by atoms with E-state index in [4.69, 9.17) is 4.98 Å². The van der Waals surface area contributed by atoms with E-state index in [1.165, 1.54) is 4.88 Å². The number of hydrogen-bond donors (Lipinski definition) is 0. The molecule has 148 valence electrons. The first-order chi connectivity index (χ1) is 13.4. The van der Waals surface area contributed by atoms with Crippen LogP contribution in [0.5, 0.6) is 0 Å². The largest absolute Gasteiger partial charge is 0.294 e. The Morgan fingerprint density at radius 3 is 2.57 bits per heavy atom. The number of nitrogens with zero attached hydrogens (tertiary/aromatic N) is 3. The third kappa shape index (κ3) is 4.06. The molecule has 0 radical (unpaired) electrons. The molecule has 0 spiro atoms. The van der Waals surface area contributed by atoms with E-state index < -0.39 is 10.0 Å². The van der Waals surface area contributed by atoms with Crippen LogP contribution in [0.25, 0.3) is 10.6 Å². The second kappa shape index (κ2) is 8.04. The average molecular weight is 434 g/mol. The zero-order valence-corrected chi connectivity index (χ0v) is 18.4. The maximum Gasteiger partial charge on any atom is 0.243 e. The van der Waals surface area contributed by atoms with Gasteiger partial charge in [0, 0.05) is 31.6 Å². The van der Waals surface area contributed by atoms with Crippen molar-refractivity contribution in [3.63, 3.8) is 0 Å². The van der Waals surface area contributed by atoms with E-state index in [1.807, 2.05) is 32.0 Å². The number of sulfonamides is 1. The summed E-state index contributed by atoms with van der Waals surface area (Å²) in [6, 6.07) is 9.73. The van der Waals surface area contributed by atoms with E-state index in [2.05, 4.69) is 21.7 Å². The van der Waals surface area contributed by atoms with Crippen LogP contribution in [0.15, 0.2) is 46.0 Å². The third-order valence-electron chi connectivity index (χ3n) is 4.98. The minimum absolute atomic E-state index is 0.432. The monoisotopic (exact) mass is 433 g/mol. The van der Waals surface area contributed by atoms with Gasteiger partial charge in [0.1, 0.15) is 5.01 Å². The highest BCUT2D eigenvalue weighted by molar-refractivity contribution is 7.89. The van der Waals surface area contributed by atoms with Crippen LogP contribution >= 0.6 is 22.7 Å². The van der Waals surface area contributed by atoms with E-state index in [-0.39, 0.29) is 0 Å². The van der Waals surface area contributed by atoms with Crippen molar-refractivity contribution >= 4 is 32.7 Å². The summed E-state index contributed by atoms with van der Waals surface area (Å²) in [5, 5.41) is 5.24. The maximum atomic E-state index is 13.1. The number of rotatable bonds is 5. The van der Waals surface area contributed by atoms with Gasteiger partial charge < -0.3 is 0 Å². The second-order valence-corrected chi connectivity index (χ2v) is 10.8. The predicted molar refractivity (Wildman–Crippen MR) is 115 cm³/mol. The molecule has 5 nitrogen and oxygen atoms in total. The van der Waals surface area contributed by atoms with Crippen LogP contribution in [0.2, 0.25) is 0 Å². The van der Waals surface area contributed by atoms with Gasteiger partial charge in [-0.15, -0.1) is 22.7 Å². The number of aromatic nitrogens is 1. The maximum absolute atomic E-state index is 13.1. The lowest BCUT2D eigenvalue weighted by molar-refractivity contribution is 0.181. The highest BCUT2D eigenvalue weighted by Gasteiger charge is 2.29. The van der Waals surface area contributed by atoms with Crippen molar-refractivity contribution in [2.45, 2.75) is 25.3 Å². The molecule has 0 N–H and O–H groups in total. The van der Waals surface area contributed by atoms with Gasteiger partial charge in [0.05, 0.1) is 22.0 Å². The van der Waals surface area contributed by atoms with Crippen LogP contribution in [0.1, 0.15) is 16.1 Å². The summed E-state index contributed by atoms with van der Waals surface area (Å²) >= 11 is 3.37. The Hall–Kier alpha value is -1.58. The number of thiazole rings is 1. The molecule has 2 aromatic heterocycles. The molecular weight excluding hydrogens is 410 g/mol. The van der Waals surface area contributed by atoms with Crippen molar-refractivity contribution in [1.29, 1.82) is 0 Å². The van der Waals surface area contributed by atoms with Gasteiger partial charge in [0.2, 0.25) is 10.0 Å². The number of thiophene rings is 1. The Kier molecular flexibility index (Phi) is 5.66. The van der Waals surface area contributed by atoms with E-state index in [1.54, 1.807) is 33.0 Å². The molecule has 1 saturated heterocycles. The normalized spacial score (nSPS) is 16.5. The molecule has 8 heteroatoms. The second-order valence-electron chi connectivity index (χ2n) is 7.05. The number of hydrogen-bond acceptors (Lipinski definition) is 6. The highest BCUT2D eigenvalue weighted by atomic mass is 32.2. The first kappa shape index (κ1) is 19.7. The van der Waals surface area contributed by atoms with Crippen LogP contribution in [-0.2, 0) is 16.6 Å². The Morgan fingerprint density at radius 1 is 1.07 bits per heavy atom. The standard InChI is InChI=1S/C20H23N3O2S3/c1-15-5-6-16(2)19(12-15)28(24,25)23-9-7-22(8-10-23)13-20-21-17(14-27-20)18-4-3-11-26-18/h3-6,11-12,14H,7-10,13H2,1-2H3. The van der Waals surface area contributed by atoms with Gasteiger partial charge in [0.15, 0.2) is 0 Å². The summed E-state index contributed by atoms with van der Waals surface area (Å²) in [7, 11) is -3.44. The minimum Gasteiger partial charge on any atom is -0.294 e. The summed E-state index contributed by atoms with van der Waals surface area (Å²) in [6.45, 7) is 7.02. The fourth-order valence-electron chi connectivity index (χ4n) is 3.36. The molecule has 1 aliphatic heterocycles. The van der Waals surface area contributed by atoms with Crippen LogP contribution in [0.3, 0.4) is 0 Å². The third-order valence-corrected chi connectivity index (χ3v) is 8.74. The van der Waals surface area contributed by atoms with Crippen molar-refractivity contribution in [3.05, 3.63) is 57.2 Å². The van der Waals surface area contributed by atoms with Gasteiger partial charge in [0.25, 0.3) is 0 Å². The van der Waals surface area contributed by atoms with Crippen LogP contribution in [0, 0.1) is 13.8 Å². The molecule has 0 unspecified atom stereocenters. The summed E-state index contributed by atoms with van der Waals surface area (Å²) in [4.78, 5) is 8.64. The van der Waals surface area contributed by atoms with E-state index in [0.717, 1.165) is 41.5 Å². The van der Waals surface area contributed by atoms with E-state index in [9.17, 15) is 8.42 Å². The molecule has 4 rings (SSSR count). The predicted octanol–water partition coefficient (Wildman–Crippen LogP) is 3.99. The SMILES string of the molecule is Cc1ccc(C)c(S(=O)(=O)N2CCN(Cc3nc(-c4cccs4)cs3)CC2)c1. The lowest BCUT2D eigenvalue weighted by Gasteiger charge is -2.33. The van der Waals surface area contributed by atoms with E-state index >= 15 is 0 Å². The molecule has 0 amide bonds. The molecule has 1 aliphatic rings. The van der Waals surface area contributed by atoms with E-state index in [0.29, 0.717) is 18.0 Å². The molecule has 3 heterocycles. The van der Waals surface area contributed by atoms with Gasteiger partial charge in [-0.3, -0.25) is 4.90 Å². The van der Waals surface area contributed by atoms with Gasteiger partial charge >= 0.3 is 0 Å². The van der Waals surface area contributed by atoms with Crippen molar-refractivity contribution in [3.8, 4) is 10.6 Å².